The van der Waals surface area contributed by atoms with E-state index in [-0.39, 0.29) is 0 Å². The minimum Gasteiger partial charge on any atom is -0.362 e. The summed E-state index contributed by atoms with van der Waals surface area (Å²) in [5.74, 6) is 0.799. The summed E-state index contributed by atoms with van der Waals surface area (Å²) in [6.07, 6.45) is 5.72. The molecule has 4 nitrogen and oxygen atoms in total. The number of aromatic nitrogens is 1. The molecule has 23 heavy (non-hydrogen) atoms. The SMILES string of the molecule is S=C(NCCc1c[nH]c2ccccc12)NC1CN2CCC1CC2. The zero-order valence-corrected chi connectivity index (χ0v) is 14.2. The highest BCUT2D eigenvalue weighted by Crippen LogP contribution is 2.27. The van der Waals surface area contributed by atoms with Crippen LogP contribution < -0.4 is 10.6 Å². The Balaban J connectivity index is 1.27. The molecule has 3 aliphatic heterocycles. The van der Waals surface area contributed by atoms with Crippen LogP contribution in [0, 0.1) is 5.92 Å². The van der Waals surface area contributed by atoms with E-state index in [1.807, 2.05) is 0 Å². The van der Waals surface area contributed by atoms with Gasteiger partial charge >= 0.3 is 0 Å². The molecule has 3 N–H and O–H groups in total. The van der Waals surface area contributed by atoms with Gasteiger partial charge in [0.2, 0.25) is 0 Å². The molecule has 1 atom stereocenters. The predicted molar refractivity (Wildman–Crippen MR) is 98.7 cm³/mol. The number of nitrogens with zero attached hydrogens (tertiary/aromatic N) is 1. The van der Waals surface area contributed by atoms with Gasteiger partial charge in [-0.25, -0.2) is 0 Å². The van der Waals surface area contributed by atoms with E-state index in [1.54, 1.807) is 0 Å². The Labute approximate surface area is 142 Å². The first-order valence-electron chi connectivity index (χ1n) is 8.61. The van der Waals surface area contributed by atoms with Gasteiger partial charge in [-0.1, -0.05) is 18.2 Å². The van der Waals surface area contributed by atoms with Crippen molar-refractivity contribution in [3.05, 3.63) is 36.0 Å². The highest BCUT2D eigenvalue weighted by atomic mass is 32.1. The highest BCUT2D eigenvalue weighted by Gasteiger charge is 2.34. The number of thiocarbonyl (C=S) groups is 1. The van der Waals surface area contributed by atoms with Gasteiger partial charge in [-0.3, -0.25) is 0 Å². The van der Waals surface area contributed by atoms with Gasteiger partial charge in [0.1, 0.15) is 0 Å². The Morgan fingerprint density at radius 1 is 1.26 bits per heavy atom. The van der Waals surface area contributed by atoms with Crippen LogP contribution in [-0.2, 0) is 6.42 Å². The fourth-order valence-electron chi connectivity index (χ4n) is 4.00. The molecule has 3 fully saturated rings. The number of hydrogen-bond acceptors (Lipinski definition) is 2. The number of rotatable bonds is 4. The largest absolute Gasteiger partial charge is 0.362 e. The maximum Gasteiger partial charge on any atom is 0.166 e. The Bertz CT molecular complexity index is 687. The first-order valence-corrected chi connectivity index (χ1v) is 9.02. The van der Waals surface area contributed by atoms with Crippen molar-refractivity contribution < 1.29 is 0 Å². The number of piperidine rings is 3. The molecule has 0 amide bonds. The van der Waals surface area contributed by atoms with E-state index in [9.17, 15) is 0 Å². The van der Waals surface area contributed by atoms with Crippen LogP contribution in [0.1, 0.15) is 18.4 Å². The quantitative estimate of drug-likeness (QED) is 0.753. The van der Waals surface area contributed by atoms with Crippen LogP contribution in [0.4, 0.5) is 0 Å². The van der Waals surface area contributed by atoms with Crippen LogP contribution in [0.3, 0.4) is 0 Å². The molecule has 1 unspecified atom stereocenters. The minimum atomic E-state index is 0.533. The number of H-pyrrole nitrogens is 1. The van der Waals surface area contributed by atoms with E-state index in [0.29, 0.717) is 6.04 Å². The highest BCUT2D eigenvalue weighted by molar-refractivity contribution is 7.80. The van der Waals surface area contributed by atoms with E-state index in [1.165, 1.54) is 42.4 Å². The normalized spacial score (nSPS) is 26.3. The lowest BCUT2D eigenvalue weighted by Gasteiger charge is -2.45. The first-order chi connectivity index (χ1) is 11.3. The predicted octanol–water partition coefficient (Wildman–Crippen LogP) is 2.27. The summed E-state index contributed by atoms with van der Waals surface area (Å²) < 4.78 is 0. The number of para-hydroxylation sites is 1. The van der Waals surface area contributed by atoms with Crippen molar-refractivity contribution in [3.8, 4) is 0 Å². The van der Waals surface area contributed by atoms with Gasteiger partial charge in [-0.2, -0.15) is 0 Å². The summed E-state index contributed by atoms with van der Waals surface area (Å²) in [7, 11) is 0. The maximum atomic E-state index is 5.49. The smallest absolute Gasteiger partial charge is 0.166 e. The molecule has 0 aliphatic carbocycles. The number of aromatic amines is 1. The van der Waals surface area contributed by atoms with Crippen LogP contribution in [0.15, 0.2) is 30.5 Å². The summed E-state index contributed by atoms with van der Waals surface area (Å²) in [5, 5.41) is 9.04. The topological polar surface area (TPSA) is 43.1 Å². The molecule has 1 aromatic heterocycles. The molecule has 3 aliphatic rings. The Morgan fingerprint density at radius 2 is 2.09 bits per heavy atom. The summed E-state index contributed by atoms with van der Waals surface area (Å²) in [6, 6.07) is 8.97. The molecule has 2 bridgehead atoms. The maximum absolute atomic E-state index is 5.49. The second kappa shape index (κ2) is 6.49. The van der Waals surface area contributed by atoms with E-state index in [0.717, 1.165) is 30.5 Å². The van der Waals surface area contributed by atoms with Crippen LogP contribution in [-0.4, -0.2) is 47.2 Å². The lowest BCUT2D eigenvalue weighted by molar-refractivity contribution is 0.0812. The third-order valence-corrected chi connectivity index (χ3v) is 5.59. The van der Waals surface area contributed by atoms with Crippen molar-refractivity contribution in [3.63, 3.8) is 0 Å². The van der Waals surface area contributed by atoms with Gasteiger partial charge in [-0.05, 0) is 62.1 Å². The lowest BCUT2D eigenvalue weighted by atomic mass is 9.84. The monoisotopic (exact) mass is 328 g/mol. The molecule has 0 radical (unpaired) electrons. The Hall–Kier alpha value is -1.59. The molecule has 2 aromatic rings. The molecular weight excluding hydrogens is 304 g/mol. The molecule has 4 heterocycles. The molecule has 5 rings (SSSR count). The van der Waals surface area contributed by atoms with Crippen molar-refractivity contribution in [2.24, 2.45) is 5.92 Å². The Kier molecular flexibility index (Phi) is 4.23. The number of hydrogen-bond donors (Lipinski definition) is 3. The minimum absolute atomic E-state index is 0.533. The molecule has 0 saturated carbocycles. The van der Waals surface area contributed by atoms with Gasteiger partial charge in [0.15, 0.2) is 5.11 Å². The van der Waals surface area contributed by atoms with Crippen molar-refractivity contribution in [2.75, 3.05) is 26.2 Å². The van der Waals surface area contributed by atoms with Crippen LogP contribution >= 0.6 is 12.2 Å². The zero-order chi connectivity index (χ0) is 15.6. The average Bonchev–Trinajstić information content (AvgIpc) is 2.99. The summed E-state index contributed by atoms with van der Waals surface area (Å²) in [6.45, 7) is 4.55. The van der Waals surface area contributed by atoms with Gasteiger partial charge in [-0.15, -0.1) is 0 Å². The lowest BCUT2D eigenvalue weighted by Crippen LogP contribution is -2.58. The molecular formula is C18H24N4S. The number of nitrogens with one attached hydrogen (secondary N) is 3. The molecule has 0 spiro atoms. The second-order valence-corrected chi connectivity index (χ2v) is 7.16. The van der Waals surface area contributed by atoms with E-state index in [2.05, 4.69) is 51.0 Å². The molecule has 1 aromatic carbocycles. The Morgan fingerprint density at radius 3 is 2.87 bits per heavy atom. The van der Waals surface area contributed by atoms with Crippen LogP contribution in [0.25, 0.3) is 10.9 Å². The van der Waals surface area contributed by atoms with Crippen LogP contribution in [0.2, 0.25) is 0 Å². The number of fused-ring (bicyclic) bond motifs is 4. The van der Waals surface area contributed by atoms with E-state index < -0.39 is 0 Å². The number of benzene rings is 1. The third kappa shape index (κ3) is 3.21. The fourth-order valence-corrected chi connectivity index (χ4v) is 4.25. The van der Waals surface area contributed by atoms with Gasteiger partial charge < -0.3 is 20.5 Å². The van der Waals surface area contributed by atoms with Gasteiger partial charge in [0.25, 0.3) is 0 Å². The van der Waals surface area contributed by atoms with Crippen molar-refractivity contribution in [1.82, 2.24) is 20.5 Å². The van der Waals surface area contributed by atoms with Gasteiger partial charge in [0, 0.05) is 36.2 Å². The second-order valence-electron chi connectivity index (χ2n) is 6.75. The third-order valence-electron chi connectivity index (χ3n) is 5.33. The average molecular weight is 328 g/mol. The van der Waals surface area contributed by atoms with Gasteiger partial charge in [0.05, 0.1) is 0 Å². The van der Waals surface area contributed by atoms with Crippen molar-refractivity contribution in [2.45, 2.75) is 25.3 Å². The molecule has 122 valence electrons. The van der Waals surface area contributed by atoms with E-state index in [4.69, 9.17) is 12.2 Å². The van der Waals surface area contributed by atoms with Crippen molar-refractivity contribution >= 4 is 28.2 Å². The summed E-state index contributed by atoms with van der Waals surface area (Å²) in [5.41, 5.74) is 2.55. The van der Waals surface area contributed by atoms with Crippen molar-refractivity contribution in [1.29, 1.82) is 0 Å². The summed E-state index contributed by atoms with van der Waals surface area (Å²) >= 11 is 5.49. The van der Waals surface area contributed by atoms with Crippen LogP contribution in [0.5, 0.6) is 0 Å². The molecule has 5 heteroatoms. The van der Waals surface area contributed by atoms with E-state index >= 15 is 0 Å². The fraction of sp³-hybridized carbons (Fsp3) is 0.500. The summed E-state index contributed by atoms with van der Waals surface area (Å²) in [4.78, 5) is 5.88. The zero-order valence-electron chi connectivity index (χ0n) is 13.3. The first kappa shape index (κ1) is 15.0. The molecule has 3 saturated heterocycles. The standard InChI is InChI=1S/C18H24N4S/c23-18(21-17-12-22-9-6-13(17)7-10-22)19-8-5-14-11-20-16-4-2-1-3-15(14)16/h1-4,11,13,17,20H,5-10,12H2,(H2,19,21,23).